The van der Waals surface area contributed by atoms with Crippen LogP contribution in [0, 0.1) is 0 Å². The summed E-state index contributed by atoms with van der Waals surface area (Å²) in [5.74, 6) is 0.741. The molecule has 1 aliphatic rings. The van der Waals surface area contributed by atoms with Crippen LogP contribution in [0.5, 0.6) is 5.75 Å². The minimum Gasteiger partial charge on any atom is -0.488 e. The van der Waals surface area contributed by atoms with Gasteiger partial charge in [-0.2, -0.15) is 0 Å². The Hall–Kier alpha value is -0.740. The van der Waals surface area contributed by atoms with E-state index < -0.39 is 0 Å². The zero-order valence-corrected chi connectivity index (χ0v) is 13.2. The predicted molar refractivity (Wildman–Crippen MR) is 85.0 cm³/mol. The third-order valence-electron chi connectivity index (χ3n) is 3.13. The van der Waals surface area contributed by atoms with E-state index in [0.29, 0.717) is 16.7 Å². The van der Waals surface area contributed by atoms with Crippen molar-refractivity contribution < 1.29 is 4.74 Å². The maximum absolute atomic E-state index is 5.96. The van der Waals surface area contributed by atoms with E-state index in [9.17, 15) is 0 Å². The van der Waals surface area contributed by atoms with Crippen molar-refractivity contribution in [2.75, 3.05) is 0 Å². The summed E-state index contributed by atoms with van der Waals surface area (Å²) in [5, 5.41) is 4.57. The predicted octanol–water partition coefficient (Wildman–Crippen LogP) is 4.89. The molecular formula is C15H15Cl2NOS. The number of hydrogen-bond acceptors (Lipinski definition) is 3. The zero-order chi connectivity index (χ0) is 13.9. The highest BCUT2D eigenvalue weighted by molar-refractivity contribution is 7.11. The molecule has 0 spiro atoms. The van der Waals surface area contributed by atoms with Gasteiger partial charge in [0.2, 0.25) is 0 Å². The molecule has 106 valence electrons. The molecule has 1 fully saturated rings. The first kappa shape index (κ1) is 14.2. The van der Waals surface area contributed by atoms with Crippen molar-refractivity contribution in [3.05, 3.63) is 50.1 Å². The topological polar surface area (TPSA) is 21.3 Å². The van der Waals surface area contributed by atoms with Crippen LogP contribution in [0.1, 0.15) is 22.6 Å². The highest BCUT2D eigenvalue weighted by atomic mass is 35.5. The SMILES string of the molecule is Clc1ccc(OCc2ccc(CNC3CC3)s2)cc1Cl. The summed E-state index contributed by atoms with van der Waals surface area (Å²) in [7, 11) is 0. The lowest BCUT2D eigenvalue weighted by Gasteiger charge is -2.05. The third-order valence-corrected chi connectivity index (χ3v) is 4.93. The molecule has 3 rings (SSSR count). The van der Waals surface area contributed by atoms with Crippen molar-refractivity contribution in [2.24, 2.45) is 0 Å². The molecule has 1 heterocycles. The summed E-state index contributed by atoms with van der Waals surface area (Å²) in [5.41, 5.74) is 0. The molecule has 0 saturated heterocycles. The molecule has 1 saturated carbocycles. The van der Waals surface area contributed by atoms with E-state index in [2.05, 4.69) is 17.4 Å². The highest BCUT2D eigenvalue weighted by Gasteiger charge is 2.20. The molecule has 5 heteroatoms. The van der Waals surface area contributed by atoms with Crippen molar-refractivity contribution in [1.29, 1.82) is 0 Å². The maximum Gasteiger partial charge on any atom is 0.122 e. The Morgan fingerprint density at radius 3 is 2.65 bits per heavy atom. The molecule has 0 aliphatic heterocycles. The summed E-state index contributed by atoms with van der Waals surface area (Å²) in [4.78, 5) is 2.56. The van der Waals surface area contributed by atoms with Gasteiger partial charge in [-0.1, -0.05) is 23.2 Å². The Morgan fingerprint density at radius 2 is 1.90 bits per heavy atom. The van der Waals surface area contributed by atoms with Crippen LogP contribution in [0.25, 0.3) is 0 Å². The van der Waals surface area contributed by atoms with Crippen molar-refractivity contribution in [1.82, 2.24) is 5.32 Å². The van der Waals surface area contributed by atoms with Crippen LogP contribution >= 0.6 is 34.5 Å². The van der Waals surface area contributed by atoms with Crippen LogP contribution in [0.4, 0.5) is 0 Å². The quantitative estimate of drug-likeness (QED) is 0.815. The lowest BCUT2D eigenvalue weighted by Crippen LogP contribution is -2.14. The largest absolute Gasteiger partial charge is 0.488 e. The molecule has 1 aromatic heterocycles. The van der Waals surface area contributed by atoms with Crippen LogP contribution in [-0.4, -0.2) is 6.04 Å². The van der Waals surface area contributed by atoms with E-state index in [1.165, 1.54) is 22.6 Å². The average Bonchev–Trinajstić information content (AvgIpc) is 3.16. The average molecular weight is 328 g/mol. The first-order valence-electron chi connectivity index (χ1n) is 6.59. The summed E-state index contributed by atoms with van der Waals surface area (Å²) in [6.45, 7) is 1.52. The Bertz CT molecular complexity index is 595. The van der Waals surface area contributed by atoms with E-state index in [0.717, 1.165) is 18.3 Å². The van der Waals surface area contributed by atoms with Crippen molar-refractivity contribution in [3.63, 3.8) is 0 Å². The molecular weight excluding hydrogens is 313 g/mol. The maximum atomic E-state index is 5.96. The summed E-state index contributed by atoms with van der Waals surface area (Å²) >= 11 is 13.6. The number of hydrogen-bond donors (Lipinski definition) is 1. The highest BCUT2D eigenvalue weighted by Crippen LogP contribution is 2.27. The number of thiophene rings is 1. The van der Waals surface area contributed by atoms with Crippen molar-refractivity contribution in [2.45, 2.75) is 32.0 Å². The summed E-state index contributed by atoms with van der Waals surface area (Å²) < 4.78 is 5.73. The number of benzene rings is 1. The molecule has 0 radical (unpaired) electrons. The van der Waals surface area contributed by atoms with Gasteiger partial charge in [0.1, 0.15) is 12.4 Å². The van der Waals surface area contributed by atoms with Crippen LogP contribution in [0.3, 0.4) is 0 Å². The Labute approximate surface area is 132 Å². The molecule has 0 amide bonds. The van der Waals surface area contributed by atoms with Gasteiger partial charge >= 0.3 is 0 Å². The standard InChI is InChI=1S/C15H15Cl2NOS/c16-14-6-3-11(7-15(14)17)19-9-13-5-4-12(20-13)8-18-10-1-2-10/h3-7,10,18H,1-2,8-9H2. The van der Waals surface area contributed by atoms with Gasteiger partial charge in [0.15, 0.2) is 0 Å². The van der Waals surface area contributed by atoms with E-state index in [1.807, 2.05) is 6.07 Å². The fourth-order valence-electron chi connectivity index (χ4n) is 1.85. The van der Waals surface area contributed by atoms with Gasteiger partial charge in [-0.25, -0.2) is 0 Å². The van der Waals surface area contributed by atoms with Gasteiger partial charge in [0, 0.05) is 28.4 Å². The molecule has 0 bridgehead atoms. The number of rotatable bonds is 6. The Kier molecular flexibility index (Phi) is 4.51. The van der Waals surface area contributed by atoms with Crippen LogP contribution in [0.2, 0.25) is 10.0 Å². The number of ether oxygens (including phenoxy) is 1. The molecule has 20 heavy (non-hydrogen) atoms. The van der Waals surface area contributed by atoms with Crippen molar-refractivity contribution in [3.8, 4) is 5.75 Å². The second kappa shape index (κ2) is 6.35. The zero-order valence-electron chi connectivity index (χ0n) is 10.9. The molecule has 1 aromatic carbocycles. The number of halogens is 2. The van der Waals surface area contributed by atoms with E-state index in [4.69, 9.17) is 27.9 Å². The Morgan fingerprint density at radius 1 is 1.10 bits per heavy atom. The molecule has 1 N–H and O–H groups in total. The van der Waals surface area contributed by atoms with E-state index in [-0.39, 0.29) is 0 Å². The van der Waals surface area contributed by atoms with Gasteiger partial charge in [0.05, 0.1) is 10.0 Å². The van der Waals surface area contributed by atoms with Gasteiger partial charge < -0.3 is 10.1 Å². The van der Waals surface area contributed by atoms with Gasteiger partial charge in [0.25, 0.3) is 0 Å². The monoisotopic (exact) mass is 327 g/mol. The fraction of sp³-hybridized carbons (Fsp3) is 0.333. The molecule has 2 aromatic rings. The summed E-state index contributed by atoms with van der Waals surface area (Å²) in [6, 6.07) is 10.3. The molecule has 0 unspecified atom stereocenters. The second-order valence-corrected chi connectivity index (χ2v) is 6.96. The second-order valence-electron chi connectivity index (χ2n) is 4.89. The minimum absolute atomic E-state index is 0.518. The summed E-state index contributed by atoms with van der Waals surface area (Å²) in [6.07, 6.45) is 2.64. The van der Waals surface area contributed by atoms with Gasteiger partial charge in [-0.15, -0.1) is 11.3 Å². The minimum atomic E-state index is 0.518. The lowest BCUT2D eigenvalue weighted by atomic mass is 10.3. The fourth-order valence-corrected chi connectivity index (χ4v) is 3.02. The normalized spacial score (nSPS) is 14.5. The van der Waals surface area contributed by atoms with E-state index in [1.54, 1.807) is 23.5 Å². The Balaban J connectivity index is 1.53. The van der Waals surface area contributed by atoms with Gasteiger partial charge in [-0.05, 0) is 37.1 Å². The van der Waals surface area contributed by atoms with Crippen LogP contribution < -0.4 is 10.1 Å². The van der Waals surface area contributed by atoms with Crippen LogP contribution in [0.15, 0.2) is 30.3 Å². The van der Waals surface area contributed by atoms with Gasteiger partial charge in [-0.3, -0.25) is 0 Å². The lowest BCUT2D eigenvalue weighted by molar-refractivity contribution is 0.310. The first-order valence-corrected chi connectivity index (χ1v) is 8.17. The first-order chi connectivity index (χ1) is 9.70. The van der Waals surface area contributed by atoms with Crippen molar-refractivity contribution >= 4 is 34.5 Å². The molecule has 0 atom stereocenters. The third kappa shape index (κ3) is 3.89. The van der Waals surface area contributed by atoms with E-state index >= 15 is 0 Å². The number of nitrogens with one attached hydrogen (secondary N) is 1. The smallest absolute Gasteiger partial charge is 0.122 e. The van der Waals surface area contributed by atoms with Crippen LogP contribution in [-0.2, 0) is 13.2 Å². The molecule has 1 aliphatic carbocycles. The molecule has 2 nitrogen and oxygen atoms in total.